The average Bonchev–Trinajstić information content (AvgIpc) is 3.48. The van der Waals surface area contributed by atoms with Crippen LogP contribution in [0.3, 0.4) is 0 Å². The number of nitrogens with two attached hydrogens (primary N) is 1. The van der Waals surface area contributed by atoms with Crippen LogP contribution in [0.25, 0.3) is 0 Å². The standard InChI is InChI=1S/C27H39N9O9/c1-15(2)10-21(34-26(39)22(33-24(37)16(3)28)11-17-13-29-14-31-17)25(38)32-20(27(40)41)6-4-5-9-30-19-8-7-18(35(42)43)12-23(19)36(44)45/h7-8,12-16,20-22,30H,4-6,9-11,28H2,1-3H3,(H,29,31)(H,32,38)(H,33,37)(H,34,39)(H,40,41). The Morgan fingerprint density at radius 2 is 1.60 bits per heavy atom. The Bertz CT molecular complexity index is 1350. The number of benzene rings is 1. The molecule has 4 atom stereocenters. The molecule has 0 spiro atoms. The van der Waals surface area contributed by atoms with Gasteiger partial charge in [0.05, 0.1) is 34.0 Å². The maximum atomic E-state index is 13.2. The highest BCUT2D eigenvalue weighted by Gasteiger charge is 2.31. The van der Waals surface area contributed by atoms with Crippen LogP contribution in [-0.2, 0) is 25.6 Å². The molecule has 1 aromatic carbocycles. The Morgan fingerprint density at radius 3 is 2.16 bits per heavy atom. The summed E-state index contributed by atoms with van der Waals surface area (Å²) in [5.74, 6) is -3.34. The molecule has 1 aromatic heterocycles. The van der Waals surface area contributed by atoms with Gasteiger partial charge in [0.1, 0.15) is 23.8 Å². The van der Waals surface area contributed by atoms with Crippen molar-refractivity contribution in [3.05, 3.63) is 56.6 Å². The summed E-state index contributed by atoms with van der Waals surface area (Å²) in [6.07, 6.45) is 3.82. The quantitative estimate of drug-likeness (QED) is 0.0648. The molecule has 4 unspecified atom stereocenters. The van der Waals surface area contributed by atoms with Crippen molar-refractivity contribution in [2.24, 2.45) is 11.7 Å². The van der Waals surface area contributed by atoms with Gasteiger partial charge in [-0.25, -0.2) is 9.78 Å². The normalized spacial score (nSPS) is 13.6. The second-order valence-corrected chi connectivity index (χ2v) is 10.8. The van der Waals surface area contributed by atoms with E-state index in [-0.39, 0.29) is 37.4 Å². The number of anilines is 1. The summed E-state index contributed by atoms with van der Waals surface area (Å²) in [6.45, 7) is 5.29. The number of nitrogens with zero attached hydrogens (tertiary/aromatic N) is 3. The summed E-state index contributed by atoms with van der Waals surface area (Å²) in [5, 5.41) is 42.4. The predicted octanol–water partition coefficient (Wildman–Crippen LogP) is 0.983. The lowest BCUT2D eigenvalue weighted by molar-refractivity contribution is -0.393. The van der Waals surface area contributed by atoms with E-state index in [1.54, 1.807) is 6.20 Å². The summed E-state index contributed by atoms with van der Waals surface area (Å²) in [6, 6.07) is -1.22. The number of carboxylic acid groups (broad SMARTS) is 1. The van der Waals surface area contributed by atoms with Crippen LogP contribution in [-0.4, -0.2) is 79.3 Å². The number of rotatable bonds is 19. The van der Waals surface area contributed by atoms with Crippen LogP contribution in [0.5, 0.6) is 0 Å². The number of hydrogen-bond acceptors (Lipinski definition) is 11. The van der Waals surface area contributed by atoms with E-state index in [9.17, 15) is 44.5 Å². The second kappa shape index (κ2) is 17.2. The van der Waals surface area contributed by atoms with Crippen molar-refractivity contribution in [1.82, 2.24) is 25.9 Å². The molecule has 0 saturated heterocycles. The number of nitrogens with one attached hydrogen (secondary N) is 5. The maximum absolute atomic E-state index is 13.2. The first kappa shape index (κ1) is 36.1. The largest absolute Gasteiger partial charge is 0.480 e. The fourth-order valence-electron chi connectivity index (χ4n) is 4.26. The highest BCUT2D eigenvalue weighted by atomic mass is 16.6. The number of imidazole rings is 1. The van der Waals surface area contributed by atoms with Crippen LogP contribution in [0.2, 0.25) is 0 Å². The molecule has 18 nitrogen and oxygen atoms in total. The molecular weight excluding hydrogens is 594 g/mol. The van der Waals surface area contributed by atoms with E-state index in [1.807, 2.05) is 13.8 Å². The van der Waals surface area contributed by atoms with Crippen molar-refractivity contribution >= 4 is 40.8 Å². The van der Waals surface area contributed by atoms with E-state index in [0.29, 0.717) is 18.5 Å². The minimum absolute atomic E-state index is 0.0125. The van der Waals surface area contributed by atoms with Crippen LogP contribution < -0.4 is 27.0 Å². The topological polar surface area (TPSA) is 278 Å². The number of hydrogen-bond donors (Lipinski definition) is 7. The Labute approximate surface area is 258 Å². The number of carbonyl (C=O) groups is 4. The summed E-state index contributed by atoms with van der Waals surface area (Å²) < 4.78 is 0. The summed E-state index contributed by atoms with van der Waals surface area (Å²) >= 11 is 0. The van der Waals surface area contributed by atoms with Gasteiger partial charge in [-0.15, -0.1) is 0 Å². The molecule has 0 aliphatic heterocycles. The van der Waals surface area contributed by atoms with Crippen LogP contribution in [0.4, 0.5) is 17.1 Å². The number of amides is 3. The molecule has 1 heterocycles. The van der Waals surface area contributed by atoms with E-state index in [1.165, 1.54) is 19.3 Å². The number of carbonyl (C=O) groups excluding carboxylic acids is 3. The van der Waals surface area contributed by atoms with E-state index in [4.69, 9.17) is 5.73 Å². The number of aromatic amines is 1. The monoisotopic (exact) mass is 633 g/mol. The second-order valence-electron chi connectivity index (χ2n) is 10.8. The first-order valence-corrected chi connectivity index (χ1v) is 14.2. The van der Waals surface area contributed by atoms with Crippen LogP contribution >= 0.6 is 0 Å². The maximum Gasteiger partial charge on any atom is 0.326 e. The lowest BCUT2D eigenvalue weighted by Crippen LogP contribution is -2.57. The van der Waals surface area contributed by atoms with Gasteiger partial charge >= 0.3 is 5.97 Å². The minimum atomic E-state index is -1.30. The van der Waals surface area contributed by atoms with E-state index in [0.717, 1.165) is 12.1 Å². The highest BCUT2D eigenvalue weighted by molar-refractivity contribution is 5.94. The van der Waals surface area contributed by atoms with Crippen LogP contribution in [0.1, 0.15) is 52.1 Å². The van der Waals surface area contributed by atoms with E-state index >= 15 is 0 Å². The fourth-order valence-corrected chi connectivity index (χ4v) is 4.26. The zero-order valence-corrected chi connectivity index (χ0v) is 25.1. The van der Waals surface area contributed by atoms with Crippen molar-refractivity contribution < 1.29 is 34.1 Å². The van der Waals surface area contributed by atoms with Crippen LogP contribution in [0.15, 0.2) is 30.7 Å². The third-order valence-electron chi connectivity index (χ3n) is 6.59. The van der Waals surface area contributed by atoms with Gasteiger partial charge in [0.2, 0.25) is 17.7 Å². The molecule has 8 N–H and O–H groups in total. The third-order valence-corrected chi connectivity index (χ3v) is 6.59. The van der Waals surface area contributed by atoms with E-state index < -0.39 is 69.1 Å². The summed E-state index contributed by atoms with van der Waals surface area (Å²) in [5.41, 5.74) is 5.29. The van der Waals surface area contributed by atoms with Gasteiger partial charge in [-0.1, -0.05) is 13.8 Å². The van der Waals surface area contributed by atoms with Crippen LogP contribution in [0, 0.1) is 26.1 Å². The molecule has 246 valence electrons. The predicted molar refractivity (Wildman–Crippen MR) is 161 cm³/mol. The summed E-state index contributed by atoms with van der Waals surface area (Å²) in [4.78, 5) is 78.2. The zero-order valence-electron chi connectivity index (χ0n) is 25.1. The third kappa shape index (κ3) is 11.8. The number of nitro benzene ring substituents is 2. The number of carboxylic acids is 1. The zero-order chi connectivity index (χ0) is 33.7. The molecule has 0 fully saturated rings. The molecular formula is C27H39N9O9. The Morgan fingerprint density at radius 1 is 0.956 bits per heavy atom. The minimum Gasteiger partial charge on any atom is -0.480 e. The van der Waals surface area contributed by atoms with Crippen molar-refractivity contribution in [3.63, 3.8) is 0 Å². The molecule has 0 saturated carbocycles. The van der Waals surface area contributed by atoms with Gasteiger partial charge in [-0.2, -0.15) is 0 Å². The molecule has 45 heavy (non-hydrogen) atoms. The average molecular weight is 634 g/mol. The number of aliphatic carboxylic acids is 1. The number of non-ortho nitro benzene ring substituents is 1. The van der Waals surface area contributed by atoms with Gasteiger partial charge in [0, 0.05) is 25.2 Å². The fraction of sp³-hybridized carbons (Fsp3) is 0.519. The lowest BCUT2D eigenvalue weighted by atomic mass is 10.0. The number of H-pyrrole nitrogens is 1. The molecule has 0 radical (unpaired) electrons. The van der Waals surface area contributed by atoms with Crippen molar-refractivity contribution in [2.75, 3.05) is 11.9 Å². The number of aromatic nitrogens is 2. The lowest BCUT2D eigenvalue weighted by Gasteiger charge is -2.25. The smallest absolute Gasteiger partial charge is 0.326 e. The van der Waals surface area contributed by atoms with Gasteiger partial charge in [-0.3, -0.25) is 34.6 Å². The Balaban J connectivity index is 2.02. The van der Waals surface area contributed by atoms with E-state index in [2.05, 4.69) is 31.2 Å². The van der Waals surface area contributed by atoms with Gasteiger partial charge in [0.15, 0.2) is 0 Å². The van der Waals surface area contributed by atoms with Crippen molar-refractivity contribution in [2.45, 2.75) is 77.0 Å². The van der Waals surface area contributed by atoms with Crippen molar-refractivity contribution in [1.29, 1.82) is 0 Å². The van der Waals surface area contributed by atoms with Gasteiger partial charge < -0.3 is 37.1 Å². The first-order chi connectivity index (χ1) is 21.2. The Hall–Kier alpha value is -5.13. The number of unbranched alkanes of at least 4 members (excludes halogenated alkanes) is 1. The Kier molecular flexibility index (Phi) is 13.8. The molecule has 3 amide bonds. The van der Waals surface area contributed by atoms with Gasteiger partial charge in [0.25, 0.3) is 11.4 Å². The molecule has 2 aromatic rings. The van der Waals surface area contributed by atoms with Crippen molar-refractivity contribution in [3.8, 4) is 0 Å². The SMILES string of the molecule is CC(C)CC(NC(=O)C(Cc1c[nH]cn1)NC(=O)C(C)N)C(=O)NC(CCCCNc1ccc([N+](=O)[O-])cc1[N+](=O)[O-])C(=O)O. The molecule has 2 rings (SSSR count). The summed E-state index contributed by atoms with van der Waals surface area (Å²) in [7, 11) is 0. The highest BCUT2D eigenvalue weighted by Crippen LogP contribution is 2.29. The first-order valence-electron chi connectivity index (χ1n) is 14.2. The molecule has 0 aliphatic carbocycles. The molecule has 0 bridgehead atoms. The molecule has 0 aliphatic rings. The molecule has 18 heteroatoms. The number of nitro groups is 2. The van der Waals surface area contributed by atoms with Gasteiger partial charge in [-0.05, 0) is 44.6 Å².